The minimum Gasteiger partial charge on any atom is -0.318 e. The summed E-state index contributed by atoms with van der Waals surface area (Å²) in [7, 11) is 0. The first kappa shape index (κ1) is 11.3. The first-order chi connectivity index (χ1) is 9.11. The average Bonchev–Trinajstić information content (AvgIpc) is 3.23. The Kier molecular flexibility index (Phi) is 2.11. The Morgan fingerprint density at radius 2 is 2.00 bits per heavy atom. The lowest BCUT2D eigenvalue weighted by atomic mass is 10.1. The van der Waals surface area contributed by atoms with Crippen molar-refractivity contribution in [2.75, 3.05) is 0 Å². The molecule has 1 unspecified atom stereocenters. The fourth-order valence-electron chi connectivity index (χ4n) is 2.92. The molecule has 1 atom stereocenters. The molecule has 1 amide bonds. The molecule has 0 bridgehead atoms. The van der Waals surface area contributed by atoms with Crippen LogP contribution in [0.5, 0.6) is 0 Å². The van der Waals surface area contributed by atoms with Crippen molar-refractivity contribution in [2.24, 2.45) is 0 Å². The number of carbonyl (C=O) groups is 1. The summed E-state index contributed by atoms with van der Waals surface area (Å²) in [6, 6.07) is 3.78. The van der Waals surface area contributed by atoms with Crippen LogP contribution in [0.2, 0.25) is 0 Å². The van der Waals surface area contributed by atoms with Crippen molar-refractivity contribution in [3.8, 4) is 0 Å². The molecule has 3 nitrogen and oxygen atoms in total. The zero-order valence-electron chi connectivity index (χ0n) is 10.3. The van der Waals surface area contributed by atoms with Gasteiger partial charge in [-0.3, -0.25) is 10.1 Å². The van der Waals surface area contributed by atoms with E-state index in [9.17, 15) is 13.6 Å². The van der Waals surface area contributed by atoms with Crippen LogP contribution in [0.1, 0.15) is 37.4 Å². The molecule has 1 aromatic rings. The van der Waals surface area contributed by atoms with Gasteiger partial charge < -0.3 is 4.90 Å². The number of hydrogen-bond acceptors (Lipinski definition) is 2. The maximum Gasteiger partial charge on any atom is 0.244 e. The molecule has 19 heavy (non-hydrogen) atoms. The Balaban J connectivity index is 1.74. The summed E-state index contributed by atoms with van der Waals surface area (Å²) in [5.41, 5.74) is -0.0981. The van der Waals surface area contributed by atoms with E-state index in [4.69, 9.17) is 0 Å². The Hall–Kier alpha value is -1.49. The normalized spacial score (nSPS) is 28.2. The molecule has 5 heteroatoms. The van der Waals surface area contributed by atoms with E-state index in [0.717, 1.165) is 31.7 Å². The van der Waals surface area contributed by atoms with Crippen LogP contribution < -0.4 is 5.32 Å². The second kappa shape index (κ2) is 3.54. The number of nitrogens with zero attached hydrogens (tertiary/aromatic N) is 1. The van der Waals surface area contributed by atoms with Gasteiger partial charge in [0, 0.05) is 17.7 Å². The van der Waals surface area contributed by atoms with Gasteiger partial charge in [0.15, 0.2) is 0 Å². The lowest BCUT2D eigenvalue weighted by molar-refractivity contribution is -0.131. The third kappa shape index (κ3) is 1.61. The first-order valence-electron chi connectivity index (χ1n) is 6.66. The van der Waals surface area contributed by atoms with E-state index >= 15 is 0 Å². The summed E-state index contributed by atoms with van der Waals surface area (Å²) < 4.78 is 26.9. The number of rotatable bonds is 2. The number of amides is 1. The summed E-state index contributed by atoms with van der Waals surface area (Å²) in [4.78, 5) is 14.2. The maximum atomic E-state index is 13.9. The molecular weight excluding hydrogens is 250 g/mol. The van der Waals surface area contributed by atoms with E-state index in [1.807, 2.05) is 0 Å². The van der Waals surface area contributed by atoms with Gasteiger partial charge in [0.25, 0.3) is 0 Å². The van der Waals surface area contributed by atoms with Crippen LogP contribution in [0.3, 0.4) is 0 Å². The van der Waals surface area contributed by atoms with E-state index in [1.165, 1.54) is 12.1 Å². The summed E-state index contributed by atoms with van der Waals surface area (Å²) in [5, 5.41) is 3.25. The fourth-order valence-corrected chi connectivity index (χ4v) is 2.92. The average molecular weight is 264 g/mol. The highest BCUT2D eigenvalue weighted by molar-refractivity contribution is 5.92. The molecule has 2 aliphatic carbocycles. The van der Waals surface area contributed by atoms with Crippen LogP contribution in [0.15, 0.2) is 18.2 Å². The molecule has 0 radical (unpaired) electrons. The van der Waals surface area contributed by atoms with Crippen molar-refractivity contribution in [3.63, 3.8) is 0 Å². The predicted octanol–water partition coefficient (Wildman–Crippen LogP) is 2.09. The summed E-state index contributed by atoms with van der Waals surface area (Å²) >= 11 is 0. The standard InChI is InChI=1S/C14H14F2N2O/c15-8-1-4-10(11(16)7-8)12-17-14(5-6-14)13(19)18(12)9-2-3-9/h1,4,7,9,12,17H,2-3,5-6H2. The Labute approximate surface area is 109 Å². The molecule has 1 aromatic carbocycles. The quantitative estimate of drug-likeness (QED) is 0.887. The predicted molar refractivity (Wildman–Crippen MR) is 64.1 cm³/mol. The number of hydrogen-bond donors (Lipinski definition) is 1. The molecule has 2 saturated carbocycles. The molecular formula is C14H14F2N2O. The smallest absolute Gasteiger partial charge is 0.244 e. The van der Waals surface area contributed by atoms with E-state index in [0.29, 0.717) is 5.56 Å². The highest BCUT2D eigenvalue weighted by atomic mass is 19.1. The lowest BCUT2D eigenvalue weighted by Gasteiger charge is -2.24. The third-order valence-electron chi connectivity index (χ3n) is 4.28. The van der Waals surface area contributed by atoms with Crippen molar-refractivity contribution in [3.05, 3.63) is 35.4 Å². The molecule has 1 aliphatic heterocycles. The largest absolute Gasteiger partial charge is 0.318 e. The fraction of sp³-hybridized carbons (Fsp3) is 0.500. The highest BCUT2D eigenvalue weighted by Crippen LogP contribution is 2.49. The van der Waals surface area contributed by atoms with Gasteiger partial charge in [0.1, 0.15) is 23.3 Å². The van der Waals surface area contributed by atoms with Crippen molar-refractivity contribution >= 4 is 5.91 Å². The van der Waals surface area contributed by atoms with Crippen LogP contribution in [-0.2, 0) is 4.79 Å². The van der Waals surface area contributed by atoms with E-state index in [2.05, 4.69) is 5.32 Å². The monoisotopic (exact) mass is 264 g/mol. The van der Waals surface area contributed by atoms with Crippen molar-refractivity contribution < 1.29 is 13.6 Å². The minimum absolute atomic E-state index is 0.0868. The summed E-state index contributed by atoms with van der Waals surface area (Å²) in [6.45, 7) is 0. The molecule has 3 aliphatic rings. The van der Waals surface area contributed by atoms with Gasteiger partial charge in [-0.2, -0.15) is 0 Å². The molecule has 1 spiro atoms. The topological polar surface area (TPSA) is 32.3 Å². The van der Waals surface area contributed by atoms with E-state index < -0.39 is 23.3 Å². The van der Waals surface area contributed by atoms with Crippen LogP contribution in [-0.4, -0.2) is 22.4 Å². The van der Waals surface area contributed by atoms with Crippen molar-refractivity contribution in [1.82, 2.24) is 10.2 Å². The van der Waals surface area contributed by atoms with Crippen LogP contribution >= 0.6 is 0 Å². The van der Waals surface area contributed by atoms with Gasteiger partial charge in [0.2, 0.25) is 5.91 Å². The van der Waals surface area contributed by atoms with E-state index in [-0.39, 0.29) is 11.9 Å². The minimum atomic E-state index is -0.593. The van der Waals surface area contributed by atoms with Crippen LogP contribution in [0, 0.1) is 11.6 Å². The second-order valence-electron chi connectivity index (χ2n) is 5.74. The van der Waals surface area contributed by atoms with Crippen molar-refractivity contribution in [2.45, 2.75) is 43.4 Å². The second-order valence-corrected chi connectivity index (χ2v) is 5.74. The Morgan fingerprint density at radius 3 is 2.58 bits per heavy atom. The number of benzene rings is 1. The SMILES string of the molecule is O=C1N(C2CC2)C(c2ccc(F)cc2F)NC12CC2. The number of nitrogens with one attached hydrogen (secondary N) is 1. The zero-order chi connectivity index (χ0) is 13.2. The van der Waals surface area contributed by atoms with Crippen LogP contribution in [0.25, 0.3) is 0 Å². The summed E-state index contributed by atoms with van der Waals surface area (Å²) in [5.74, 6) is -1.10. The molecule has 3 fully saturated rings. The number of halogens is 2. The summed E-state index contributed by atoms with van der Waals surface area (Å²) in [6.07, 6.45) is 3.14. The molecule has 1 heterocycles. The van der Waals surface area contributed by atoms with Gasteiger partial charge in [-0.15, -0.1) is 0 Å². The molecule has 1 saturated heterocycles. The van der Waals surface area contributed by atoms with Crippen LogP contribution in [0.4, 0.5) is 8.78 Å². The van der Waals surface area contributed by atoms with Gasteiger partial charge in [0.05, 0.1) is 0 Å². The highest BCUT2D eigenvalue weighted by Gasteiger charge is 2.61. The lowest BCUT2D eigenvalue weighted by Crippen LogP contribution is -2.34. The Morgan fingerprint density at radius 1 is 1.26 bits per heavy atom. The Bertz CT molecular complexity index is 567. The molecule has 4 rings (SSSR count). The molecule has 100 valence electrons. The molecule has 0 aromatic heterocycles. The first-order valence-corrected chi connectivity index (χ1v) is 6.66. The van der Waals surface area contributed by atoms with Gasteiger partial charge in [-0.1, -0.05) is 0 Å². The third-order valence-corrected chi connectivity index (χ3v) is 4.28. The number of carbonyl (C=O) groups excluding carboxylic acids is 1. The maximum absolute atomic E-state index is 13.9. The van der Waals surface area contributed by atoms with Gasteiger partial charge in [-0.05, 0) is 37.8 Å². The van der Waals surface area contributed by atoms with Crippen molar-refractivity contribution in [1.29, 1.82) is 0 Å². The van der Waals surface area contributed by atoms with E-state index in [1.54, 1.807) is 4.90 Å². The van der Waals surface area contributed by atoms with Gasteiger partial charge in [-0.25, -0.2) is 8.78 Å². The van der Waals surface area contributed by atoms with Gasteiger partial charge >= 0.3 is 0 Å². The zero-order valence-corrected chi connectivity index (χ0v) is 10.3. The molecule has 1 N–H and O–H groups in total.